The van der Waals surface area contributed by atoms with E-state index in [4.69, 9.17) is 22.4 Å². The first kappa shape index (κ1) is 13.7. The van der Waals surface area contributed by atoms with Gasteiger partial charge in [-0.05, 0) is 24.1 Å². The molecule has 0 fully saturated rings. The van der Waals surface area contributed by atoms with Crippen LogP contribution in [0.2, 0.25) is 5.02 Å². The Morgan fingerprint density at radius 1 is 1.50 bits per heavy atom. The van der Waals surface area contributed by atoms with E-state index >= 15 is 0 Å². The molecule has 0 aliphatic rings. The fraction of sp³-hybridized carbons (Fsp3) is 0.333. The summed E-state index contributed by atoms with van der Waals surface area (Å²) < 4.78 is 12.7. The SMILES string of the molecule is Cl.NC(CCO)c1ccc(F)c(Cl)c1. The van der Waals surface area contributed by atoms with Crippen LogP contribution in [0.15, 0.2) is 18.2 Å². The summed E-state index contributed by atoms with van der Waals surface area (Å²) in [7, 11) is 0. The molecule has 0 heterocycles. The van der Waals surface area contributed by atoms with Gasteiger partial charge in [0.05, 0.1) is 5.02 Å². The van der Waals surface area contributed by atoms with E-state index in [1.807, 2.05) is 0 Å². The Bertz CT molecular complexity index is 296. The summed E-state index contributed by atoms with van der Waals surface area (Å²) in [6.45, 7) is 0.0101. The lowest BCUT2D eigenvalue weighted by Crippen LogP contribution is -2.11. The molecule has 0 saturated heterocycles. The summed E-state index contributed by atoms with van der Waals surface area (Å²) in [4.78, 5) is 0. The molecule has 0 aliphatic carbocycles. The Morgan fingerprint density at radius 2 is 2.14 bits per heavy atom. The van der Waals surface area contributed by atoms with Crippen molar-refractivity contribution in [3.8, 4) is 0 Å². The molecule has 0 spiro atoms. The third kappa shape index (κ3) is 3.42. The van der Waals surface area contributed by atoms with Gasteiger partial charge in [0.25, 0.3) is 0 Å². The highest BCUT2D eigenvalue weighted by molar-refractivity contribution is 6.30. The molecule has 0 amide bonds. The normalized spacial score (nSPS) is 12.0. The first-order chi connectivity index (χ1) is 6.15. The fourth-order valence-electron chi connectivity index (χ4n) is 1.05. The summed E-state index contributed by atoms with van der Waals surface area (Å²) in [5.41, 5.74) is 6.42. The Morgan fingerprint density at radius 3 is 2.64 bits per heavy atom. The molecule has 14 heavy (non-hydrogen) atoms. The van der Waals surface area contributed by atoms with Crippen molar-refractivity contribution in [2.24, 2.45) is 5.73 Å². The molecule has 0 saturated carbocycles. The quantitative estimate of drug-likeness (QED) is 0.851. The van der Waals surface area contributed by atoms with Crippen molar-refractivity contribution < 1.29 is 9.50 Å². The summed E-state index contributed by atoms with van der Waals surface area (Å²) in [6, 6.07) is 4.04. The van der Waals surface area contributed by atoms with Crippen LogP contribution in [-0.2, 0) is 0 Å². The Labute approximate surface area is 93.3 Å². The zero-order chi connectivity index (χ0) is 9.84. The number of benzene rings is 1. The van der Waals surface area contributed by atoms with E-state index in [1.165, 1.54) is 12.1 Å². The van der Waals surface area contributed by atoms with Gasteiger partial charge in [-0.25, -0.2) is 4.39 Å². The topological polar surface area (TPSA) is 46.2 Å². The zero-order valence-electron chi connectivity index (χ0n) is 7.41. The maximum absolute atomic E-state index is 12.7. The van der Waals surface area contributed by atoms with Crippen LogP contribution in [-0.4, -0.2) is 11.7 Å². The van der Waals surface area contributed by atoms with Crippen molar-refractivity contribution >= 4 is 24.0 Å². The van der Waals surface area contributed by atoms with E-state index in [2.05, 4.69) is 0 Å². The van der Waals surface area contributed by atoms with E-state index in [-0.39, 0.29) is 30.1 Å². The van der Waals surface area contributed by atoms with Gasteiger partial charge in [0, 0.05) is 12.6 Å². The third-order valence-corrected chi connectivity index (χ3v) is 2.10. The van der Waals surface area contributed by atoms with E-state index in [0.29, 0.717) is 6.42 Å². The molecule has 0 bridgehead atoms. The van der Waals surface area contributed by atoms with Crippen LogP contribution >= 0.6 is 24.0 Å². The van der Waals surface area contributed by atoms with Gasteiger partial charge in [0.15, 0.2) is 0 Å². The highest BCUT2D eigenvalue weighted by Gasteiger charge is 2.07. The Kier molecular flexibility index (Phi) is 6.04. The van der Waals surface area contributed by atoms with Crippen molar-refractivity contribution in [2.45, 2.75) is 12.5 Å². The second-order valence-electron chi connectivity index (χ2n) is 2.79. The van der Waals surface area contributed by atoms with Crippen LogP contribution in [0.25, 0.3) is 0 Å². The lowest BCUT2D eigenvalue weighted by atomic mass is 10.1. The summed E-state index contributed by atoms with van der Waals surface area (Å²) >= 11 is 5.57. The molecule has 0 aromatic heterocycles. The number of nitrogens with two attached hydrogens (primary N) is 1. The predicted octanol–water partition coefficient (Wildman–Crippen LogP) is 2.28. The fourth-order valence-corrected chi connectivity index (χ4v) is 1.24. The molecule has 1 aromatic carbocycles. The number of aliphatic hydroxyl groups is 1. The molecule has 0 radical (unpaired) electrons. The van der Waals surface area contributed by atoms with Crippen molar-refractivity contribution in [1.29, 1.82) is 0 Å². The molecule has 1 atom stereocenters. The first-order valence-electron chi connectivity index (χ1n) is 3.96. The van der Waals surface area contributed by atoms with Crippen molar-refractivity contribution in [3.63, 3.8) is 0 Å². The summed E-state index contributed by atoms with van der Waals surface area (Å²) in [6.07, 6.45) is 0.446. The van der Waals surface area contributed by atoms with Crippen molar-refractivity contribution in [2.75, 3.05) is 6.61 Å². The maximum atomic E-state index is 12.7. The predicted molar refractivity (Wildman–Crippen MR) is 57.3 cm³/mol. The molecule has 0 aliphatic heterocycles. The van der Waals surface area contributed by atoms with Crippen molar-refractivity contribution in [1.82, 2.24) is 0 Å². The molecule has 80 valence electrons. The Balaban J connectivity index is 0.00000169. The van der Waals surface area contributed by atoms with Gasteiger partial charge in [-0.15, -0.1) is 12.4 Å². The third-order valence-electron chi connectivity index (χ3n) is 1.81. The minimum absolute atomic E-state index is 0. The number of hydrogen-bond acceptors (Lipinski definition) is 2. The minimum atomic E-state index is -0.457. The minimum Gasteiger partial charge on any atom is -0.396 e. The highest BCUT2D eigenvalue weighted by Crippen LogP contribution is 2.20. The van der Waals surface area contributed by atoms with Crippen molar-refractivity contribution in [3.05, 3.63) is 34.6 Å². The number of halogens is 3. The van der Waals surface area contributed by atoms with Crippen LogP contribution in [0, 0.1) is 5.82 Å². The molecular formula is C9H12Cl2FNO. The lowest BCUT2D eigenvalue weighted by molar-refractivity contribution is 0.276. The van der Waals surface area contributed by atoms with Gasteiger partial charge in [-0.3, -0.25) is 0 Å². The van der Waals surface area contributed by atoms with Crippen LogP contribution in [0.3, 0.4) is 0 Å². The average Bonchev–Trinajstić information content (AvgIpc) is 2.10. The van der Waals surface area contributed by atoms with Gasteiger partial charge in [-0.1, -0.05) is 17.7 Å². The smallest absolute Gasteiger partial charge is 0.141 e. The van der Waals surface area contributed by atoms with Crippen LogP contribution in [0.4, 0.5) is 4.39 Å². The summed E-state index contributed by atoms with van der Waals surface area (Å²) in [5.74, 6) is -0.457. The molecular weight excluding hydrogens is 228 g/mol. The zero-order valence-corrected chi connectivity index (χ0v) is 8.98. The number of rotatable bonds is 3. The van der Waals surface area contributed by atoms with Gasteiger partial charge < -0.3 is 10.8 Å². The monoisotopic (exact) mass is 239 g/mol. The second kappa shape index (κ2) is 6.19. The maximum Gasteiger partial charge on any atom is 0.141 e. The molecule has 3 N–H and O–H groups in total. The summed E-state index contributed by atoms with van der Waals surface area (Å²) in [5, 5.41) is 8.70. The largest absolute Gasteiger partial charge is 0.396 e. The first-order valence-corrected chi connectivity index (χ1v) is 4.34. The molecule has 2 nitrogen and oxygen atoms in total. The number of aliphatic hydroxyl groups excluding tert-OH is 1. The second-order valence-corrected chi connectivity index (χ2v) is 3.20. The van der Waals surface area contributed by atoms with Gasteiger partial charge in [0.1, 0.15) is 5.82 Å². The molecule has 1 aromatic rings. The van der Waals surface area contributed by atoms with Gasteiger partial charge >= 0.3 is 0 Å². The average molecular weight is 240 g/mol. The van der Waals surface area contributed by atoms with E-state index in [0.717, 1.165) is 5.56 Å². The number of hydrogen-bond donors (Lipinski definition) is 2. The lowest BCUT2D eigenvalue weighted by Gasteiger charge is -2.10. The van der Waals surface area contributed by atoms with Gasteiger partial charge in [0.2, 0.25) is 0 Å². The molecule has 5 heteroatoms. The van der Waals surface area contributed by atoms with E-state index in [1.54, 1.807) is 6.07 Å². The van der Waals surface area contributed by atoms with Crippen LogP contribution < -0.4 is 5.73 Å². The van der Waals surface area contributed by atoms with E-state index in [9.17, 15) is 4.39 Å². The molecule has 1 unspecified atom stereocenters. The van der Waals surface area contributed by atoms with Crippen LogP contribution in [0.1, 0.15) is 18.0 Å². The highest BCUT2D eigenvalue weighted by atomic mass is 35.5. The van der Waals surface area contributed by atoms with Gasteiger partial charge in [-0.2, -0.15) is 0 Å². The standard InChI is InChI=1S/C9H11ClFNO.ClH/c10-7-5-6(1-2-8(7)11)9(12)3-4-13;/h1-2,5,9,13H,3-4,12H2;1H. The Hall–Kier alpha value is -0.350. The van der Waals surface area contributed by atoms with Crippen LogP contribution in [0.5, 0.6) is 0 Å². The molecule has 1 rings (SSSR count). The van der Waals surface area contributed by atoms with E-state index < -0.39 is 5.82 Å².